The van der Waals surface area contributed by atoms with Gasteiger partial charge >= 0.3 is 6.18 Å². The molecule has 1 aliphatic heterocycles. The first-order valence-corrected chi connectivity index (χ1v) is 8.34. The molecule has 2 aromatic rings. The van der Waals surface area contributed by atoms with Crippen LogP contribution in [0.2, 0.25) is 0 Å². The number of benzene rings is 2. The summed E-state index contributed by atoms with van der Waals surface area (Å²) in [7, 11) is 0. The molecule has 0 bridgehead atoms. The van der Waals surface area contributed by atoms with E-state index >= 15 is 0 Å². The van der Waals surface area contributed by atoms with Crippen molar-refractivity contribution >= 4 is 17.3 Å². The summed E-state index contributed by atoms with van der Waals surface area (Å²) in [6.07, 6.45) is -1.63. The van der Waals surface area contributed by atoms with Gasteiger partial charge < -0.3 is 10.2 Å². The van der Waals surface area contributed by atoms with Gasteiger partial charge in [-0.1, -0.05) is 24.8 Å². The predicted molar refractivity (Wildman–Crippen MR) is 95.3 cm³/mol. The van der Waals surface area contributed by atoms with Gasteiger partial charge in [-0.2, -0.15) is 13.2 Å². The molecule has 0 saturated heterocycles. The molecule has 1 amide bonds. The molecule has 0 radical (unpaired) electrons. The van der Waals surface area contributed by atoms with Crippen molar-refractivity contribution in [3.8, 4) is 0 Å². The molecule has 1 aliphatic rings. The highest BCUT2D eigenvalue weighted by Gasteiger charge is 2.30. The maximum Gasteiger partial charge on any atom is 0.416 e. The van der Waals surface area contributed by atoms with Crippen molar-refractivity contribution < 1.29 is 18.0 Å². The first kappa shape index (κ1) is 18.0. The zero-order valence-electron chi connectivity index (χ0n) is 14.1. The molecular formula is C20H19F3N2O. The van der Waals surface area contributed by atoms with Crippen molar-refractivity contribution in [2.24, 2.45) is 0 Å². The van der Waals surface area contributed by atoms with Gasteiger partial charge in [0.2, 0.25) is 5.91 Å². The lowest BCUT2D eigenvalue weighted by Gasteiger charge is -2.28. The van der Waals surface area contributed by atoms with Crippen LogP contribution >= 0.6 is 0 Å². The second kappa shape index (κ2) is 7.23. The van der Waals surface area contributed by atoms with Crippen LogP contribution in [0.1, 0.15) is 17.5 Å². The Morgan fingerprint density at radius 1 is 1.15 bits per heavy atom. The number of amides is 1. The summed E-state index contributed by atoms with van der Waals surface area (Å²) in [4.78, 5) is 13.6. The number of rotatable bonds is 3. The second-order valence-electron chi connectivity index (χ2n) is 6.23. The number of fused-ring (bicyclic) bond motifs is 1. The average Bonchev–Trinajstić information content (AvgIpc) is 2.81. The van der Waals surface area contributed by atoms with Crippen molar-refractivity contribution in [1.29, 1.82) is 0 Å². The van der Waals surface area contributed by atoms with Crippen molar-refractivity contribution in [1.82, 2.24) is 5.32 Å². The third-order valence-electron chi connectivity index (χ3n) is 4.49. The van der Waals surface area contributed by atoms with Crippen LogP contribution in [-0.2, 0) is 17.4 Å². The van der Waals surface area contributed by atoms with Crippen LogP contribution in [0, 0.1) is 0 Å². The SMILES string of the molecule is C=CC(=O)N[C@@H]1CCc2ccccc2N(c2ccc(C(F)(F)F)cc2)C1. The maximum absolute atomic E-state index is 12.8. The number of halogens is 3. The monoisotopic (exact) mass is 360 g/mol. The third kappa shape index (κ3) is 3.90. The number of anilines is 2. The second-order valence-corrected chi connectivity index (χ2v) is 6.23. The first-order valence-electron chi connectivity index (χ1n) is 8.34. The number of alkyl halides is 3. The highest BCUT2D eigenvalue weighted by atomic mass is 19.4. The number of para-hydroxylation sites is 1. The predicted octanol–water partition coefficient (Wildman–Crippen LogP) is 4.46. The van der Waals surface area contributed by atoms with Gasteiger partial charge in [-0.15, -0.1) is 0 Å². The number of hydrogen-bond donors (Lipinski definition) is 1. The highest BCUT2D eigenvalue weighted by Crippen LogP contribution is 2.35. The fourth-order valence-corrected chi connectivity index (χ4v) is 3.18. The Morgan fingerprint density at radius 2 is 1.85 bits per heavy atom. The minimum Gasteiger partial charge on any atom is -0.348 e. The Balaban J connectivity index is 1.95. The smallest absolute Gasteiger partial charge is 0.348 e. The van der Waals surface area contributed by atoms with E-state index in [0.29, 0.717) is 12.2 Å². The van der Waals surface area contributed by atoms with Crippen LogP contribution in [0.15, 0.2) is 61.2 Å². The lowest BCUT2D eigenvalue weighted by molar-refractivity contribution is -0.137. The molecule has 3 rings (SSSR count). The Labute approximate surface area is 150 Å². The number of nitrogens with one attached hydrogen (secondary N) is 1. The van der Waals surface area contributed by atoms with Crippen LogP contribution in [0.25, 0.3) is 0 Å². The first-order chi connectivity index (χ1) is 12.4. The summed E-state index contributed by atoms with van der Waals surface area (Å²) in [6.45, 7) is 3.94. The van der Waals surface area contributed by atoms with Gasteiger partial charge in [-0.3, -0.25) is 4.79 Å². The molecule has 0 fully saturated rings. The molecule has 1 atom stereocenters. The summed E-state index contributed by atoms with van der Waals surface area (Å²) in [5, 5.41) is 2.90. The molecular weight excluding hydrogens is 341 g/mol. The summed E-state index contributed by atoms with van der Waals surface area (Å²) < 4.78 is 38.5. The number of nitrogens with zero attached hydrogens (tertiary/aromatic N) is 1. The molecule has 26 heavy (non-hydrogen) atoms. The fourth-order valence-electron chi connectivity index (χ4n) is 3.18. The number of aryl methyl sites for hydroxylation is 1. The zero-order valence-corrected chi connectivity index (χ0v) is 14.1. The van der Waals surface area contributed by atoms with Gasteiger partial charge in [0.1, 0.15) is 0 Å². The van der Waals surface area contributed by atoms with Gasteiger partial charge in [0.05, 0.1) is 5.56 Å². The van der Waals surface area contributed by atoms with Gasteiger partial charge in [-0.05, 0) is 54.8 Å². The van der Waals surface area contributed by atoms with Gasteiger partial charge in [0, 0.05) is 24.0 Å². The molecule has 0 spiro atoms. The van der Waals surface area contributed by atoms with Crippen molar-refractivity contribution in [2.45, 2.75) is 25.1 Å². The Kier molecular flexibility index (Phi) is 5.02. The van der Waals surface area contributed by atoms with Crippen molar-refractivity contribution in [3.63, 3.8) is 0 Å². The summed E-state index contributed by atoms with van der Waals surface area (Å²) >= 11 is 0. The standard InChI is InChI=1S/C20H19F3N2O/c1-2-19(26)24-16-10-7-14-5-3-4-6-18(14)25(13-16)17-11-8-15(9-12-17)20(21,22)23/h2-6,8-9,11-12,16H,1,7,10,13H2,(H,24,26)/t16-/m1/s1. The largest absolute Gasteiger partial charge is 0.416 e. The minimum atomic E-state index is -4.37. The van der Waals surface area contributed by atoms with Crippen molar-refractivity contribution in [2.75, 3.05) is 11.4 Å². The average molecular weight is 360 g/mol. The van der Waals surface area contributed by atoms with Gasteiger partial charge in [0.15, 0.2) is 0 Å². The van der Waals surface area contributed by atoms with Gasteiger partial charge in [-0.25, -0.2) is 0 Å². The van der Waals surface area contributed by atoms with Crippen molar-refractivity contribution in [3.05, 3.63) is 72.3 Å². The molecule has 2 aromatic carbocycles. The van der Waals surface area contributed by atoms with E-state index in [0.717, 1.165) is 36.2 Å². The maximum atomic E-state index is 12.8. The van der Waals surface area contributed by atoms with Crippen LogP contribution in [0.3, 0.4) is 0 Å². The van der Waals surface area contributed by atoms with E-state index in [2.05, 4.69) is 11.9 Å². The summed E-state index contributed by atoms with van der Waals surface area (Å²) in [5.74, 6) is -0.256. The molecule has 0 aromatic heterocycles. The number of hydrogen-bond acceptors (Lipinski definition) is 2. The lowest BCUT2D eigenvalue weighted by Crippen LogP contribution is -2.41. The van der Waals surface area contributed by atoms with Crippen LogP contribution in [-0.4, -0.2) is 18.5 Å². The Bertz CT molecular complexity index is 799. The molecule has 3 nitrogen and oxygen atoms in total. The van der Waals surface area contributed by atoms with Gasteiger partial charge in [0.25, 0.3) is 0 Å². The Hall–Kier alpha value is -2.76. The molecule has 136 valence electrons. The Morgan fingerprint density at radius 3 is 2.50 bits per heavy atom. The topological polar surface area (TPSA) is 32.3 Å². The fraction of sp³-hybridized carbons (Fsp3) is 0.250. The van der Waals surface area contributed by atoms with E-state index in [1.54, 1.807) is 0 Å². The van der Waals surface area contributed by atoms with E-state index in [1.807, 2.05) is 29.2 Å². The molecule has 1 heterocycles. The quantitative estimate of drug-likeness (QED) is 0.820. The van der Waals surface area contributed by atoms with Crippen LogP contribution in [0.4, 0.5) is 24.5 Å². The van der Waals surface area contributed by atoms with Crippen LogP contribution < -0.4 is 10.2 Å². The highest BCUT2D eigenvalue weighted by molar-refractivity contribution is 5.87. The molecule has 0 unspecified atom stereocenters. The zero-order chi connectivity index (χ0) is 18.7. The van der Waals surface area contributed by atoms with E-state index in [9.17, 15) is 18.0 Å². The third-order valence-corrected chi connectivity index (χ3v) is 4.49. The number of carbonyl (C=O) groups excluding carboxylic acids is 1. The normalized spacial score (nSPS) is 17.2. The molecule has 0 saturated carbocycles. The van der Waals surface area contributed by atoms with E-state index in [-0.39, 0.29) is 11.9 Å². The summed E-state index contributed by atoms with van der Waals surface area (Å²) in [5.41, 5.74) is 2.02. The molecule has 6 heteroatoms. The van der Waals surface area contributed by atoms with E-state index < -0.39 is 11.7 Å². The lowest BCUT2D eigenvalue weighted by atomic mass is 10.1. The molecule has 0 aliphatic carbocycles. The summed E-state index contributed by atoms with van der Waals surface area (Å²) in [6, 6.07) is 12.8. The number of carbonyl (C=O) groups is 1. The molecule has 1 N–H and O–H groups in total. The van der Waals surface area contributed by atoms with E-state index in [4.69, 9.17) is 0 Å². The minimum absolute atomic E-state index is 0.129. The van der Waals surface area contributed by atoms with Crippen LogP contribution in [0.5, 0.6) is 0 Å². The van der Waals surface area contributed by atoms with E-state index in [1.165, 1.54) is 18.2 Å².